The van der Waals surface area contributed by atoms with Gasteiger partial charge in [-0.2, -0.15) is 0 Å². The van der Waals surface area contributed by atoms with E-state index in [1.54, 1.807) is 0 Å². The van der Waals surface area contributed by atoms with E-state index in [4.69, 9.17) is 0 Å². The van der Waals surface area contributed by atoms with E-state index >= 15 is 0 Å². The molecule has 7 N–H and O–H groups in total. The molecule has 8 heavy (non-hydrogen) atoms. The minimum Gasteiger partial charge on any atom is -0.870 e. The number of hydrogen-bond acceptors (Lipinski definition) is 1. The van der Waals surface area contributed by atoms with Gasteiger partial charge in [0.25, 0.3) is 0 Å². The molecule has 0 heterocycles. The monoisotopic (exact) mass is 236 g/mol. The third-order valence-corrected chi connectivity index (χ3v) is 0. The van der Waals surface area contributed by atoms with Crippen LogP contribution in [0.25, 0.3) is 0 Å². The van der Waals surface area contributed by atoms with E-state index in [0.717, 1.165) is 0 Å². The first-order valence-electron chi connectivity index (χ1n) is 0. The second-order valence-corrected chi connectivity index (χ2v) is 0. The van der Waals surface area contributed by atoms with Gasteiger partial charge in [-0.25, -0.2) is 0 Å². The molecule has 0 rings (SSSR count). The molecule has 0 fully saturated rings. The van der Waals surface area contributed by atoms with Crippen molar-refractivity contribution in [2.45, 2.75) is 0 Å². The first-order chi connectivity index (χ1) is 0. The van der Waals surface area contributed by atoms with E-state index < -0.39 is 0 Å². The zero-order valence-electron chi connectivity index (χ0n) is 5.45. The van der Waals surface area contributed by atoms with Crippen LogP contribution >= 0.6 is 0 Å². The van der Waals surface area contributed by atoms with Crippen LogP contribution in [0.1, 0.15) is 0 Å². The topological polar surface area (TPSA) is 124 Å². The molecule has 4 nitrogen and oxygen atoms in total. The predicted molar refractivity (Wildman–Crippen MR) is 30.0 cm³/mol. The molecule has 3 radical (unpaired) electrons. The summed E-state index contributed by atoms with van der Waals surface area (Å²) in [6.07, 6.45) is 0. The molecule has 0 aliphatic heterocycles. The Bertz CT molecular complexity index is 11.2. The van der Waals surface area contributed by atoms with Crippen LogP contribution in [-0.4, -0.2) is 176 Å². The summed E-state index contributed by atoms with van der Waals surface area (Å²) in [5, 5.41) is 0. The molecular formula is H7K3O4Ti-. The summed E-state index contributed by atoms with van der Waals surface area (Å²) in [5.74, 6) is 0. The largest absolute Gasteiger partial charge is 0.870 e. The first kappa shape index (κ1) is 70.1. The van der Waals surface area contributed by atoms with Gasteiger partial charge >= 0.3 is 0 Å². The van der Waals surface area contributed by atoms with Gasteiger partial charge in [-0.15, -0.1) is 0 Å². The quantitative estimate of drug-likeness (QED) is 0.393. The molecule has 0 aromatic rings. The molecule has 39 valence electrons. The Morgan fingerprint density at radius 1 is 0.500 bits per heavy atom. The van der Waals surface area contributed by atoms with Gasteiger partial charge in [-0.1, -0.05) is 0 Å². The van der Waals surface area contributed by atoms with Crippen molar-refractivity contribution in [3.05, 3.63) is 0 Å². The number of rotatable bonds is 0. The van der Waals surface area contributed by atoms with E-state index in [9.17, 15) is 0 Å². The zero-order chi connectivity index (χ0) is 0. The average molecular weight is 236 g/mol. The molecular weight excluding hydrogens is 229 g/mol. The van der Waals surface area contributed by atoms with E-state index in [1.807, 2.05) is 0 Å². The molecule has 0 amide bonds. The van der Waals surface area contributed by atoms with Crippen molar-refractivity contribution < 1.29 is 43.6 Å². The Hall–Kier alpha value is 5.46. The van der Waals surface area contributed by atoms with Crippen molar-refractivity contribution in [2.75, 3.05) is 0 Å². The van der Waals surface area contributed by atoms with Crippen LogP contribution in [0.15, 0.2) is 0 Å². The van der Waals surface area contributed by atoms with Gasteiger partial charge in [-0.3, -0.25) is 0 Å². The van der Waals surface area contributed by atoms with Crippen molar-refractivity contribution >= 4 is 154 Å². The molecule has 0 aliphatic rings. The van der Waals surface area contributed by atoms with Gasteiger partial charge in [0.05, 0.1) is 0 Å². The zero-order valence-corrected chi connectivity index (χ0v) is 16.4. The summed E-state index contributed by atoms with van der Waals surface area (Å²) in [7, 11) is 0. The smallest absolute Gasteiger partial charge is 0 e. The fraction of sp³-hybridized carbons (Fsp3) is 0. The van der Waals surface area contributed by atoms with Gasteiger partial charge in [0.1, 0.15) is 0 Å². The second kappa shape index (κ2) is 54.9. The maximum Gasteiger partial charge on any atom is 0 e. The van der Waals surface area contributed by atoms with Crippen LogP contribution in [0.3, 0.4) is 0 Å². The Balaban J connectivity index is 0. The second-order valence-electron chi connectivity index (χ2n) is 0. The third kappa shape index (κ3) is 42.0. The van der Waals surface area contributed by atoms with Crippen LogP contribution in [0.2, 0.25) is 0 Å². The van der Waals surface area contributed by atoms with Gasteiger partial charge in [0.15, 0.2) is 0 Å². The molecule has 0 saturated carbocycles. The first-order valence-corrected chi connectivity index (χ1v) is 0. The summed E-state index contributed by atoms with van der Waals surface area (Å²) in [6.45, 7) is 0. The van der Waals surface area contributed by atoms with E-state index in [-0.39, 0.29) is 198 Å². The van der Waals surface area contributed by atoms with Crippen LogP contribution in [0.4, 0.5) is 0 Å². The van der Waals surface area contributed by atoms with Crippen LogP contribution in [-0.2, 0) is 21.7 Å². The molecule has 8 heteroatoms. The minimum absolute atomic E-state index is 0. The molecule has 0 bridgehead atoms. The Labute approximate surface area is 191 Å². The average Bonchev–Trinajstić information content (AvgIpc) is 0. The van der Waals surface area contributed by atoms with Crippen molar-refractivity contribution in [3.8, 4) is 0 Å². The molecule has 0 saturated heterocycles. The standard InChI is InChI=1S/3K.4H2O.Ti/h;;;4*1H2;/p-1. The molecule has 0 aromatic heterocycles. The maximum atomic E-state index is 0. The predicted octanol–water partition coefficient (Wildman–Crippen LogP) is -3.80. The van der Waals surface area contributed by atoms with Crippen molar-refractivity contribution in [2.24, 2.45) is 0 Å². The van der Waals surface area contributed by atoms with Gasteiger partial charge in [0.2, 0.25) is 0 Å². The minimum atomic E-state index is 0. The van der Waals surface area contributed by atoms with E-state index in [2.05, 4.69) is 0 Å². The Morgan fingerprint density at radius 3 is 0.500 bits per heavy atom. The van der Waals surface area contributed by atoms with E-state index in [0.29, 0.717) is 0 Å². The molecule has 0 atom stereocenters. The van der Waals surface area contributed by atoms with E-state index in [1.165, 1.54) is 0 Å². The fourth-order valence-corrected chi connectivity index (χ4v) is 0. The van der Waals surface area contributed by atoms with Gasteiger partial charge in [-0.05, 0) is 0 Å². The summed E-state index contributed by atoms with van der Waals surface area (Å²) >= 11 is 0. The van der Waals surface area contributed by atoms with Gasteiger partial charge < -0.3 is 21.9 Å². The van der Waals surface area contributed by atoms with Crippen molar-refractivity contribution in [1.29, 1.82) is 0 Å². The van der Waals surface area contributed by atoms with Crippen molar-refractivity contribution in [1.82, 2.24) is 0 Å². The van der Waals surface area contributed by atoms with Crippen LogP contribution in [0.5, 0.6) is 0 Å². The van der Waals surface area contributed by atoms with Crippen LogP contribution < -0.4 is 0 Å². The Kier molecular flexibility index (Phi) is 481. The fourth-order valence-electron chi connectivity index (χ4n) is 0. The molecule has 0 unspecified atom stereocenters. The molecule has 0 spiro atoms. The van der Waals surface area contributed by atoms with Crippen LogP contribution in [0, 0.1) is 0 Å². The van der Waals surface area contributed by atoms with Gasteiger partial charge in [0, 0.05) is 176 Å². The molecule has 0 aromatic carbocycles. The normalized spacial score (nSPS) is 0. The molecule has 0 aliphatic carbocycles. The Morgan fingerprint density at radius 2 is 0.500 bits per heavy atom. The summed E-state index contributed by atoms with van der Waals surface area (Å²) in [6, 6.07) is 0. The summed E-state index contributed by atoms with van der Waals surface area (Å²) in [4.78, 5) is 0. The summed E-state index contributed by atoms with van der Waals surface area (Å²) < 4.78 is 0. The SMILES string of the molecule is O.O.O.[K].[K].[K].[OH-].[Ti]. The number of hydrogen-bond donors (Lipinski definition) is 0. The maximum absolute atomic E-state index is 0. The van der Waals surface area contributed by atoms with Crippen molar-refractivity contribution in [3.63, 3.8) is 0 Å². The summed E-state index contributed by atoms with van der Waals surface area (Å²) in [5.41, 5.74) is 0. The third-order valence-electron chi connectivity index (χ3n) is 0.